The van der Waals surface area contributed by atoms with E-state index in [1.165, 1.54) is 10.7 Å². The molecular weight excluding hydrogens is 259 g/mol. The van der Waals surface area contributed by atoms with Gasteiger partial charge in [0.05, 0.1) is 5.69 Å². The van der Waals surface area contributed by atoms with E-state index in [-0.39, 0.29) is 11.6 Å². The van der Waals surface area contributed by atoms with Crippen LogP contribution in [0.1, 0.15) is 18.4 Å². The van der Waals surface area contributed by atoms with Gasteiger partial charge in [-0.2, -0.15) is 18.3 Å². The number of alkyl halides is 3. The van der Waals surface area contributed by atoms with Crippen molar-refractivity contribution in [3.05, 3.63) is 29.8 Å². The summed E-state index contributed by atoms with van der Waals surface area (Å²) >= 11 is 0. The average Bonchev–Trinajstić information content (AvgIpc) is 2.75. The summed E-state index contributed by atoms with van der Waals surface area (Å²) in [5.74, 6) is -0.992. The van der Waals surface area contributed by atoms with Crippen LogP contribution < -0.4 is 5.32 Å². The van der Waals surface area contributed by atoms with Crippen LogP contribution in [0.5, 0.6) is 0 Å². The van der Waals surface area contributed by atoms with Gasteiger partial charge in [-0.25, -0.2) is 14.6 Å². The molecular formula is C11H12F3N5. The Morgan fingerprint density at radius 1 is 1.32 bits per heavy atom. The van der Waals surface area contributed by atoms with Crippen molar-refractivity contribution in [2.45, 2.75) is 20.0 Å². The van der Waals surface area contributed by atoms with Crippen molar-refractivity contribution in [1.82, 2.24) is 19.7 Å². The highest BCUT2D eigenvalue weighted by atomic mass is 19.4. The second-order valence-electron chi connectivity index (χ2n) is 3.86. The topological polar surface area (TPSA) is 55.6 Å². The fourth-order valence-corrected chi connectivity index (χ4v) is 1.49. The van der Waals surface area contributed by atoms with Crippen LogP contribution in [0.3, 0.4) is 0 Å². The first-order chi connectivity index (χ1) is 8.90. The van der Waals surface area contributed by atoms with Crippen LogP contribution in [0.25, 0.3) is 5.82 Å². The van der Waals surface area contributed by atoms with Crippen LogP contribution >= 0.6 is 0 Å². The first-order valence-corrected chi connectivity index (χ1v) is 5.63. The highest BCUT2D eigenvalue weighted by Crippen LogP contribution is 2.27. The van der Waals surface area contributed by atoms with E-state index < -0.39 is 12.0 Å². The van der Waals surface area contributed by atoms with Crippen LogP contribution in [0.4, 0.5) is 19.0 Å². The molecule has 0 aromatic carbocycles. The van der Waals surface area contributed by atoms with Crippen molar-refractivity contribution in [2.24, 2.45) is 0 Å². The van der Waals surface area contributed by atoms with Gasteiger partial charge in [0, 0.05) is 18.8 Å². The van der Waals surface area contributed by atoms with Crippen LogP contribution in [-0.4, -0.2) is 26.3 Å². The zero-order valence-corrected chi connectivity index (χ0v) is 10.4. The van der Waals surface area contributed by atoms with Crippen molar-refractivity contribution in [1.29, 1.82) is 0 Å². The predicted octanol–water partition coefficient (Wildman–Crippen LogP) is 2.42. The number of anilines is 1. The van der Waals surface area contributed by atoms with E-state index in [2.05, 4.69) is 20.4 Å². The number of nitrogens with one attached hydrogen (secondary N) is 1. The Bertz CT molecular complexity index is 576. The molecule has 0 aliphatic rings. The van der Waals surface area contributed by atoms with Crippen molar-refractivity contribution >= 4 is 5.82 Å². The van der Waals surface area contributed by atoms with Crippen molar-refractivity contribution in [3.8, 4) is 5.82 Å². The summed E-state index contributed by atoms with van der Waals surface area (Å²) in [5.41, 5.74) is 0.692. The number of rotatable bonds is 3. The number of hydrogen-bond acceptors (Lipinski definition) is 4. The Kier molecular flexibility index (Phi) is 3.41. The minimum atomic E-state index is -4.59. The Morgan fingerprint density at radius 2 is 2.05 bits per heavy atom. The zero-order valence-electron chi connectivity index (χ0n) is 10.4. The van der Waals surface area contributed by atoms with E-state index >= 15 is 0 Å². The minimum absolute atomic E-state index is 0.0753. The quantitative estimate of drug-likeness (QED) is 0.931. The van der Waals surface area contributed by atoms with Crippen molar-refractivity contribution in [3.63, 3.8) is 0 Å². The molecule has 8 heteroatoms. The standard InChI is InChI=1S/C11H12F3N5/c1-3-15-8-6-9(19-5-4-7(2)18-19)17-10(16-8)11(12,13)14/h4-6H,3H2,1-2H3,(H,15,16,17). The lowest BCUT2D eigenvalue weighted by molar-refractivity contribution is -0.144. The first kappa shape index (κ1) is 13.3. The highest BCUT2D eigenvalue weighted by Gasteiger charge is 2.35. The van der Waals surface area contributed by atoms with Gasteiger partial charge in [-0.1, -0.05) is 0 Å². The molecule has 2 aromatic rings. The van der Waals surface area contributed by atoms with Crippen molar-refractivity contribution in [2.75, 3.05) is 11.9 Å². The third kappa shape index (κ3) is 3.01. The van der Waals surface area contributed by atoms with E-state index in [1.54, 1.807) is 26.1 Å². The normalized spacial score (nSPS) is 11.6. The molecule has 102 valence electrons. The van der Waals surface area contributed by atoms with E-state index in [9.17, 15) is 13.2 Å². The van der Waals surface area contributed by atoms with E-state index in [0.29, 0.717) is 12.2 Å². The van der Waals surface area contributed by atoms with Gasteiger partial charge < -0.3 is 5.32 Å². The molecule has 0 aliphatic heterocycles. The molecule has 0 unspecified atom stereocenters. The van der Waals surface area contributed by atoms with Crippen LogP contribution in [-0.2, 0) is 6.18 Å². The van der Waals surface area contributed by atoms with Gasteiger partial charge in [0.2, 0.25) is 5.82 Å². The summed E-state index contributed by atoms with van der Waals surface area (Å²) < 4.78 is 39.5. The fraction of sp³-hybridized carbons (Fsp3) is 0.364. The van der Waals surface area contributed by atoms with Gasteiger partial charge in [-0.05, 0) is 19.9 Å². The van der Waals surface area contributed by atoms with Crippen LogP contribution in [0, 0.1) is 6.92 Å². The maximum absolute atomic E-state index is 12.7. The van der Waals surface area contributed by atoms with Crippen molar-refractivity contribution < 1.29 is 13.2 Å². The maximum atomic E-state index is 12.7. The number of aryl methyl sites for hydroxylation is 1. The summed E-state index contributed by atoms with van der Waals surface area (Å²) in [4.78, 5) is 6.93. The summed E-state index contributed by atoms with van der Waals surface area (Å²) in [6.07, 6.45) is -3.05. The zero-order chi connectivity index (χ0) is 14.0. The number of hydrogen-bond donors (Lipinski definition) is 1. The van der Waals surface area contributed by atoms with E-state index in [4.69, 9.17) is 0 Å². The van der Waals surface area contributed by atoms with Gasteiger partial charge in [0.25, 0.3) is 0 Å². The Labute approximate surface area is 107 Å². The molecule has 0 amide bonds. The Morgan fingerprint density at radius 3 is 2.58 bits per heavy atom. The summed E-state index contributed by atoms with van der Waals surface area (Å²) in [7, 11) is 0. The average molecular weight is 271 g/mol. The van der Waals surface area contributed by atoms with E-state index in [1.807, 2.05) is 0 Å². The fourth-order valence-electron chi connectivity index (χ4n) is 1.49. The van der Waals surface area contributed by atoms with Gasteiger partial charge in [0.1, 0.15) is 5.82 Å². The SMILES string of the molecule is CCNc1cc(-n2ccc(C)n2)nc(C(F)(F)F)n1. The lowest BCUT2D eigenvalue weighted by Crippen LogP contribution is -2.15. The second kappa shape index (κ2) is 4.87. The molecule has 0 atom stereocenters. The molecule has 2 heterocycles. The molecule has 0 radical (unpaired) electrons. The molecule has 0 saturated heterocycles. The summed E-state index contributed by atoms with van der Waals surface area (Å²) in [6, 6.07) is 3.10. The third-order valence-corrected chi connectivity index (χ3v) is 2.28. The molecule has 2 rings (SSSR count). The molecule has 2 aromatic heterocycles. The van der Waals surface area contributed by atoms with Gasteiger partial charge >= 0.3 is 6.18 Å². The molecule has 0 fully saturated rings. The summed E-state index contributed by atoms with van der Waals surface area (Å²) in [5, 5.41) is 6.78. The summed E-state index contributed by atoms with van der Waals surface area (Å²) in [6.45, 7) is 3.98. The monoisotopic (exact) mass is 271 g/mol. The minimum Gasteiger partial charge on any atom is -0.370 e. The molecule has 19 heavy (non-hydrogen) atoms. The third-order valence-electron chi connectivity index (χ3n) is 2.28. The lowest BCUT2D eigenvalue weighted by Gasteiger charge is -2.10. The first-order valence-electron chi connectivity index (χ1n) is 5.63. The van der Waals surface area contributed by atoms with E-state index in [0.717, 1.165) is 0 Å². The highest BCUT2D eigenvalue weighted by molar-refractivity contribution is 5.41. The second-order valence-corrected chi connectivity index (χ2v) is 3.86. The van der Waals surface area contributed by atoms with Gasteiger partial charge in [-0.3, -0.25) is 0 Å². The Balaban J connectivity index is 2.51. The number of aromatic nitrogens is 4. The molecule has 0 bridgehead atoms. The smallest absolute Gasteiger partial charge is 0.370 e. The Hall–Kier alpha value is -2.12. The molecule has 0 aliphatic carbocycles. The molecule has 0 spiro atoms. The van der Waals surface area contributed by atoms with Crippen LogP contribution in [0.2, 0.25) is 0 Å². The molecule has 0 saturated carbocycles. The van der Waals surface area contributed by atoms with Gasteiger partial charge in [0.15, 0.2) is 5.82 Å². The number of nitrogens with zero attached hydrogens (tertiary/aromatic N) is 4. The lowest BCUT2D eigenvalue weighted by atomic mass is 10.4. The van der Waals surface area contributed by atoms with Crippen LogP contribution in [0.15, 0.2) is 18.3 Å². The largest absolute Gasteiger partial charge is 0.451 e. The molecule has 5 nitrogen and oxygen atoms in total. The maximum Gasteiger partial charge on any atom is 0.451 e. The predicted molar refractivity (Wildman–Crippen MR) is 63.1 cm³/mol. The molecule has 1 N–H and O–H groups in total. The van der Waals surface area contributed by atoms with Gasteiger partial charge in [-0.15, -0.1) is 0 Å². The number of halogens is 3.